The van der Waals surface area contributed by atoms with Crippen molar-refractivity contribution >= 4 is 17.8 Å². The van der Waals surface area contributed by atoms with Gasteiger partial charge in [0.2, 0.25) is 5.76 Å². The van der Waals surface area contributed by atoms with Crippen molar-refractivity contribution in [3.8, 4) is 0 Å². The lowest BCUT2D eigenvalue weighted by Gasteiger charge is -2.20. The Morgan fingerprint density at radius 1 is 1.53 bits per heavy atom. The number of amides is 4. The van der Waals surface area contributed by atoms with Gasteiger partial charge in [-0.2, -0.15) is 0 Å². The summed E-state index contributed by atoms with van der Waals surface area (Å²) >= 11 is 0. The van der Waals surface area contributed by atoms with Crippen molar-refractivity contribution in [2.24, 2.45) is 0 Å². The minimum absolute atomic E-state index is 0.138. The van der Waals surface area contributed by atoms with Crippen LogP contribution in [0.5, 0.6) is 0 Å². The molecule has 2 saturated heterocycles. The average Bonchev–Trinajstić information content (AvgIpc) is 3.01. The molecule has 1 aromatic heterocycles. The molecule has 2 aliphatic heterocycles. The van der Waals surface area contributed by atoms with Gasteiger partial charge in [-0.3, -0.25) is 14.9 Å². The maximum Gasteiger partial charge on any atom is 0.322 e. The van der Waals surface area contributed by atoms with Crippen LogP contribution in [0.1, 0.15) is 22.7 Å². The number of nitrogens with one attached hydrogen (secondary N) is 2. The van der Waals surface area contributed by atoms with Crippen molar-refractivity contribution in [3.05, 3.63) is 17.5 Å². The molecule has 0 saturated carbocycles. The van der Waals surface area contributed by atoms with Crippen molar-refractivity contribution < 1.29 is 18.9 Å². The molecular weight excluding hydrogens is 252 g/mol. The van der Waals surface area contributed by atoms with Gasteiger partial charge in [-0.1, -0.05) is 5.16 Å². The maximum absolute atomic E-state index is 12.1. The first-order chi connectivity index (χ1) is 9.00. The number of urea groups is 1. The van der Waals surface area contributed by atoms with E-state index in [1.165, 1.54) is 4.90 Å². The van der Waals surface area contributed by atoms with E-state index in [4.69, 9.17) is 4.52 Å². The summed E-state index contributed by atoms with van der Waals surface area (Å²) < 4.78 is 4.91. The van der Waals surface area contributed by atoms with Crippen LogP contribution in [-0.2, 0) is 4.79 Å². The standard InChI is InChI=1S/C11H12N4O4/c1-6-4-7(19-14-6)8(16)15-3-2-11(5-15)9(17)12-10(18)13-11/h4H,2-3,5H2,1H3,(H2,12,13,17,18). The highest BCUT2D eigenvalue weighted by atomic mass is 16.5. The van der Waals surface area contributed by atoms with Crippen LogP contribution in [-0.4, -0.2) is 46.5 Å². The van der Waals surface area contributed by atoms with Gasteiger partial charge in [-0.15, -0.1) is 0 Å². The summed E-state index contributed by atoms with van der Waals surface area (Å²) in [7, 11) is 0. The van der Waals surface area contributed by atoms with Crippen LogP contribution in [0.4, 0.5) is 4.79 Å². The molecule has 8 heteroatoms. The number of imide groups is 1. The van der Waals surface area contributed by atoms with E-state index in [-0.39, 0.29) is 24.1 Å². The third-order valence-electron chi connectivity index (χ3n) is 3.41. The summed E-state index contributed by atoms with van der Waals surface area (Å²) in [5.41, 5.74) is -0.383. The molecule has 0 aromatic carbocycles. The van der Waals surface area contributed by atoms with Crippen LogP contribution in [0.2, 0.25) is 0 Å². The number of hydrogen-bond donors (Lipinski definition) is 2. The first-order valence-corrected chi connectivity index (χ1v) is 5.86. The van der Waals surface area contributed by atoms with Gasteiger partial charge in [0.25, 0.3) is 11.8 Å². The van der Waals surface area contributed by atoms with Gasteiger partial charge in [-0.05, 0) is 13.3 Å². The molecular formula is C11H12N4O4. The number of nitrogens with zero attached hydrogens (tertiary/aromatic N) is 2. The number of likely N-dealkylation sites (tertiary alicyclic amines) is 1. The van der Waals surface area contributed by atoms with Crippen LogP contribution in [0.15, 0.2) is 10.6 Å². The van der Waals surface area contributed by atoms with E-state index >= 15 is 0 Å². The number of hydrogen-bond acceptors (Lipinski definition) is 5. The van der Waals surface area contributed by atoms with E-state index in [0.29, 0.717) is 18.7 Å². The molecule has 0 aliphatic carbocycles. The van der Waals surface area contributed by atoms with Gasteiger partial charge in [0.1, 0.15) is 5.54 Å². The molecule has 100 valence electrons. The van der Waals surface area contributed by atoms with Crippen LogP contribution < -0.4 is 10.6 Å². The monoisotopic (exact) mass is 264 g/mol. The van der Waals surface area contributed by atoms with Gasteiger partial charge in [0, 0.05) is 12.6 Å². The van der Waals surface area contributed by atoms with Gasteiger partial charge >= 0.3 is 6.03 Å². The zero-order chi connectivity index (χ0) is 13.6. The Morgan fingerprint density at radius 2 is 2.32 bits per heavy atom. The van der Waals surface area contributed by atoms with Gasteiger partial charge in [0.05, 0.1) is 12.2 Å². The molecule has 4 amide bonds. The number of carbonyl (C=O) groups excluding carboxylic acids is 3. The predicted octanol–water partition coefficient (Wildman–Crippen LogP) is -0.593. The smallest absolute Gasteiger partial charge is 0.322 e. The first-order valence-electron chi connectivity index (χ1n) is 5.86. The topological polar surface area (TPSA) is 105 Å². The minimum Gasteiger partial charge on any atom is -0.351 e. The summed E-state index contributed by atoms with van der Waals surface area (Å²) in [5.74, 6) is -0.577. The lowest BCUT2D eigenvalue weighted by Crippen LogP contribution is -2.49. The highest BCUT2D eigenvalue weighted by molar-refractivity contribution is 6.08. The molecule has 1 spiro atoms. The van der Waals surface area contributed by atoms with E-state index in [0.717, 1.165) is 0 Å². The summed E-state index contributed by atoms with van der Waals surface area (Å²) in [6, 6.07) is 1.02. The highest BCUT2D eigenvalue weighted by Crippen LogP contribution is 2.25. The van der Waals surface area contributed by atoms with Crippen LogP contribution in [0.3, 0.4) is 0 Å². The van der Waals surface area contributed by atoms with Crippen LogP contribution >= 0.6 is 0 Å². The fraction of sp³-hybridized carbons (Fsp3) is 0.455. The second kappa shape index (κ2) is 3.81. The Balaban J connectivity index is 1.78. The van der Waals surface area contributed by atoms with Crippen molar-refractivity contribution in [2.45, 2.75) is 18.9 Å². The fourth-order valence-electron chi connectivity index (χ4n) is 2.42. The van der Waals surface area contributed by atoms with Crippen molar-refractivity contribution in [1.82, 2.24) is 20.7 Å². The number of rotatable bonds is 1. The van der Waals surface area contributed by atoms with E-state index in [1.807, 2.05) is 0 Å². The molecule has 1 unspecified atom stereocenters. The Hall–Kier alpha value is -2.38. The summed E-state index contributed by atoms with van der Waals surface area (Å²) in [4.78, 5) is 36.6. The molecule has 3 heterocycles. The lowest BCUT2D eigenvalue weighted by atomic mass is 10.00. The van der Waals surface area contributed by atoms with Crippen molar-refractivity contribution in [3.63, 3.8) is 0 Å². The zero-order valence-corrected chi connectivity index (χ0v) is 10.2. The van der Waals surface area contributed by atoms with Crippen LogP contribution in [0, 0.1) is 6.92 Å². The lowest BCUT2D eigenvalue weighted by molar-refractivity contribution is -0.123. The molecule has 1 aromatic rings. The Bertz CT molecular complexity index is 581. The van der Waals surface area contributed by atoms with Gasteiger partial charge in [-0.25, -0.2) is 4.79 Å². The molecule has 1 atom stereocenters. The normalized spacial score (nSPS) is 25.8. The molecule has 19 heavy (non-hydrogen) atoms. The van der Waals surface area contributed by atoms with E-state index < -0.39 is 11.6 Å². The maximum atomic E-state index is 12.1. The SMILES string of the molecule is Cc1cc(C(=O)N2CCC3(C2)NC(=O)NC3=O)on1. The molecule has 8 nitrogen and oxygen atoms in total. The second-order valence-electron chi connectivity index (χ2n) is 4.80. The summed E-state index contributed by atoms with van der Waals surface area (Å²) in [6.45, 7) is 2.24. The van der Waals surface area contributed by atoms with E-state index in [2.05, 4.69) is 15.8 Å². The average molecular weight is 264 g/mol. The number of aromatic nitrogens is 1. The summed E-state index contributed by atoms with van der Waals surface area (Å²) in [6.07, 6.45) is 0.392. The molecule has 0 radical (unpaired) electrons. The predicted molar refractivity (Wildman–Crippen MR) is 61.2 cm³/mol. The van der Waals surface area contributed by atoms with Gasteiger partial charge in [0.15, 0.2) is 0 Å². The summed E-state index contributed by atoms with van der Waals surface area (Å²) in [5, 5.41) is 8.42. The fourth-order valence-corrected chi connectivity index (χ4v) is 2.42. The van der Waals surface area contributed by atoms with E-state index in [9.17, 15) is 14.4 Å². The minimum atomic E-state index is -0.998. The second-order valence-corrected chi connectivity index (χ2v) is 4.80. The zero-order valence-electron chi connectivity index (χ0n) is 10.2. The Morgan fingerprint density at radius 3 is 2.89 bits per heavy atom. The molecule has 2 N–H and O–H groups in total. The quantitative estimate of drug-likeness (QED) is 0.659. The molecule has 0 bridgehead atoms. The van der Waals surface area contributed by atoms with E-state index in [1.54, 1.807) is 13.0 Å². The largest absolute Gasteiger partial charge is 0.351 e. The molecule has 2 fully saturated rings. The van der Waals surface area contributed by atoms with Crippen molar-refractivity contribution in [1.29, 1.82) is 0 Å². The third-order valence-corrected chi connectivity index (χ3v) is 3.41. The van der Waals surface area contributed by atoms with Crippen LogP contribution in [0.25, 0.3) is 0 Å². The first kappa shape index (κ1) is 11.7. The molecule has 3 rings (SSSR count). The number of aryl methyl sites for hydroxylation is 1. The Kier molecular flexibility index (Phi) is 2.34. The highest BCUT2D eigenvalue weighted by Gasteiger charge is 2.52. The van der Waals surface area contributed by atoms with Gasteiger partial charge < -0.3 is 14.7 Å². The Labute approximate surface area is 108 Å². The number of carbonyl (C=O) groups is 3. The third kappa shape index (κ3) is 1.76. The van der Waals surface area contributed by atoms with Crippen molar-refractivity contribution in [2.75, 3.05) is 13.1 Å². The molecule has 2 aliphatic rings.